The number of carbonyl (C=O) groups excluding carboxylic acids is 1. The number of aromatic nitrogens is 3. The predicted molar refractivity (Wildman–Crippen MR) is 147 cm³/mol. The highest BCUT2D eigenvalue weighted by molar-refractivity contribution is 5.91. The molecule has 1 amide bonds. The van der Waals surface area contributed by atoms with Gasteiger partial charge in [0.2, 0.25) is 5.91 Å². The number of benzene rings is 2. The average molecular weight is 527 g/mol. The van der Waals surface area contributed by atoms with Crippen molar-refractivity contribution in [2.75, 3.05) is 11.9 Å². The maximum atomic E-state index is 12.7. The highest BCUT2D eigenvalue weighted by atomic mass is 16.5. The van der Waals surface area contributed by atoms with Crippen LogP contribution in [0.2, 0.25) is 0 Å². The average Bonchev–Trinajstić information content (AvgIpc) is 2.91. The Bertz CT molecular complexity index is 1450. The first-order valence-electron chi connectivity index (χ1n) is 12.5. The lowest BCUT2D eigenvalue weighted by atomic mass is 9.86. The van der Waals surface area contributed by atoms with Gasteiger partial charge in [-0.1, -0.05) is 36.4 Å². The maximum Gasteiger partial charge on any atom is 0.309 e. The van der Waals surface area contributed by atoms with E-state index in [9.17, 15) is 14.7 Å². The van der Waals surface area contributed by atoms with Gasteiger partial charge in [0.15, 0.2) is 11.6 Å². The Morgan fingerprint density at radius 3 is 2.51 bits per heavy atom. The smallest absolute Gasteiger partial charge is 0.309 e. The van der Waals surface area contributed by atoms with Crippen LogP contribution in [-0.2, 0) is 22.4 Å². The number of nitrogens with zero attached hydrogens (tertiary/aromatic N) is 3. The molecule has 2 N–H and O–H groups in total. The summed E-state index contributed by atoms with van der Waals surface area (Å²) in [4.78, 5) is 37.1. The van der Waals surface area contributed by atoms with Crippen molar-refractivity contribution in [1.82, 2.24) is 15.0 Å². The molecule has 0 spiro atoms. The van der Waals surface area contributed by atoms with Crippen LogP contribution in [0, 0.1) is 5.41 Å². The van der Waals surface area contributed by atoms with Gasteiger partial charge in [0.05, 0.1) is 36.5 Å². The molecule has 0 unspecified atom stereocenters. The van der Waals surface area contributed by atoms with Crippen LogP contribution < -0.4 is 14.8 Å². The van der Waals surface area contributed by atoms with E-state index in [-0.39, 0.29) is 12.3 Å². The normalized spacial score (nSPS) is 11.1. The lowest BCUT2D eigenvalue weighted by Gasteiger charge is -2.19. The van der Waals surface area contributed by atoms with Gasteiger partial charge >= 0.3 is 5.97 Å². The summed E-state index contributed by atoms with van der Waals surface area (Å²) in [6.07, 6.45) is 5.27. The number of rotatable bonds is 11. The van der Waals surface area contributed by atoms with Crippen LogP contribution >= 0.6 is 0 Å². The van der Waals surface area contributed by atoms with Gasteiger partial charge in [-0.2, -0.15) is 0 Å². The summed E-state index contributed by atoms with van der Waals surface area (Å²) in [6.45, 7) is 5.76. The van der Waals surface area contributed by atoms with Crippen molar-refractivity contribution in [3.63, 3.8) is 0 Å². The Hall–Kier alpha value is -4.79. The highest BCUT2D eigenvalue weighted by Crippen LogP contribution is 2.31. The van der Waals surface area contributed by atoms with Gasteiger partial charge in [-0.15, -0.1) is 0 Å². The number of carboxylic acids is 1. The summed E-state index contributed by atoms with van der Waals surface area (Å²) in [5.41, 5.74) is 2.16. The first-order chi connectivity index (χ1) is 18.7. The quantitative estimate of drug-likeness (QED) is 0.260. The third kappa shape index (κ3) is 7.38. The molecule has 0 bridgehead atoms. The van der Waals surface area contributed by atoms with Crippen LogP contribution in [0.15, 0.2) is 79.3 Å². The SMILES string of the molecule is CCOc1cccnc1Oc1cccc(-c2cncc(NC(=O)Cc3ccc(CC(C)(C)C(=O)O)cc3)n2)c1. The standard InChI is InChI=1S/C30H30N4O5/c1-4-38-25-9-6-14-32-28(25)39-23-8-5-7-22(16-23)24-18-31-19-26(33-24)34-27(35)15-20-10-12-21(13-11-20)17-30(2,3)29(36)37/h5-14,16,18-19H,4,15,17H2,1-3H3,(H,36,37)(H,33,34,35). The molecule has 0 fully saturated rings. The van der Waals surface area contributed by atoms with Gasteiger partial charge < -0.3 is 19.9 Å². The Kier molecular flexibility index (Phi) is 8.50. The monoisotopic (exact) mass is 526 g/mol. The van der Waals surface area contributed by atoms with Gasteiger partial charge in [0.25, 0.3) is 5.88 Å². The Balaban J connectivity index is 1.41. The second kappa shape index (κ2) is 12.2. The molecule has 0 aliphatic heterocycles. The van der Waals surface area contributed by atoms with Crippen LogP contribution in [0.4, 0.5) is 5.82 Å². The first-order valence-corrected chi connectivity index (χ1v) is 12.5. The van der Waals surface area contributed by atoms with Crippen molar-refractivity contribution in [1.29, 1.82) is 0 Å². The number of carboxylic acid groups (broad SMARTS) is 1. The number of pyridine rings is 1. The summed E-state index contributed by atoms with van der Waals surface area (Å²) >= 11 is 0. The topological polar surface area (TPSA) is 124 Å². The molecule has 0 aliphatic rings. The minimum atomic E-state index is -0.862. The van der Waals surface area contributed by atoms with Crippen LogP contribution in [0.1, 0.15) is 31.9 Å². The second-order valence-electron chi connectivity index (χ2n) is 9.57. The maximum absolute atomic E-state index is 12.7. The molecular formula is C30H30N4O5. The van der Waals surface area contributed by atoms with E-state index >= 15 is 0 Å². The van der Waals surface area contributed by atoms with Crippen LogP contribution in [0.5, 0.6) is 17.4 Å². The lowest BCUT2D eigenvalue weighted by Crippen LogP contribution is -2.26. The number of carbonyl (C=O) groups is 2. The molecule has 200 valence electrons. The molecule has 2 aromatic heterocycles. The van der Waals surface area contributed by atoms with Crippen molar-refractivity contribution >= 4 is 17.7 Å². The molecule has 9 nitrogen and oxygen atoms in total. The molecule has 0 radical (unpaired) electrons. The summed E-state index contributed by atoms with van der Waals surface area (Å²) in [7, 11) is 0. The van der Waals surface area contributed by atoms with Crippen molar-refractivity contribution in [3.05, 3.63) is 90.4 Å². The third-order valence-electron chi connectivity index (χ3n) is 5.90. The van der Waals surface area contributed by atoms with Crippen LogP contribution in [0.25, 0.3) is 11.3 Å². The van der Waals surface area contributed by atoms with Crippen molar-refractivity contribution in [2.45, 2.75) is 33.6 Å². The number of nitrogens with one attached hydrogen (secondary N) is 1. The van der Waals surface area contributed by atoms with Crippen molar-refractivity contribution in [3.8, 4) is 28.6 Å². The fourth-order valence-electron chi connectivity index (χ4n) is 3.85. The summed E-state index contributed by atoms with van der Waals surface area (Å²) in [5.74, 6) is 0.703. The van der Waals surface area contributed by atoms with Gasteiger partial charge in [-0.25, -0.2) is 9.97 Å². The van der Waals surface area contributed by atoms with Gasteiger partial charge in [-0.3, -0.25) is 14.6 Å². The predicted octanol–water partition coefficient (Wildman–Crippen LogP) is 5.56. The van der Waals surface area contributed by atoms with E-state index in [0.717, 1.165) is 16.7 Å². The zero-order valence-corrected chi connectivity index (χ0v) is 22.0. The molecule has 9 heteroatoms. The zero-order valence-electron chi connectivity index (χ0n) is 22.0. The van der Waals surface area contributed by atoms with Crippen LogP contribution in [0.3, 0.4) is 0 Å². The number of anilines is 1. The molecule has 0 saturated heterocycles. The van der Waals surface area contributed by atoms with E-state index in [1.807, 2.05) is 49.4 Å². The highest BCUT2D eigenvalue weighted by Gasteiger charge is 2.27. The van der Waals surface area contributed by atoms with E-state index in [2.05, 4.69) is 20.3 Å². The molecule has 4 aromatic rings. The Morgan fingerprint density at radius 1 is 1.00 bits per heavy atom. The number of hydrogen-bond donors (Lipinski definition) is 2. The fourth-order valence-corrected chi connectivity index (χ4v) is 3.85. The third-order valence-corrected chi connectivity index (χ3v) is 5.90. The fraction of sp³-hybridized carbons (Fsp3) is 0.233. The number of hydrogen-bond acceptors (Lipinski definition) is 7. The molecule has 2 aromatic carbocycles. The van der Waals surface area contributed by atoms with Crippen molar-refractivity contribution < 1.29 is 24.2 Å². The minimum absolute atomic E-state index is 0.143. The van der Waals surface area contributed by atoms with E-state index in [1.165, 1.54) is 6.20 Å². The Morgan fingerprint density at radius 2 is 1.77 bits per heavy atom. The molecule has 0 saturated carbocycles. The van der Waals surface area contributed by atoms with E-state index in [0.29, 0.717) is 41.9 Å². The number of aliphatic carboxylic acids is 1. The molecule has 0 atom stereocenters. The van der Waals surface area contributed by atoms with Crippen molar-refractivity contribution in [2.24, 2.45) is 5.41 Å². The molecular weight excluding hydrogens is 496 g/mol. The zero-order chi connectivity index (χ0) is 27.8. The number of ether oxygens (including phenoxy) is 2. The Labute approximate surface area is 226 Å². The summed E-state index contributed by atoms with van der Waals surface area (Å²) < 4.78 is 11.5. The largest absolute Gasteiger partial charge is 0.488 e. The molecule has 0 aliphatic carbocycles. The second-order valence-corrected chi connectivity index (χ2v) is 9.57. The lowest BCUT2D eigenvalue weighted by molar-refractivity contribution is -0.146. The first kappa shape index (κ1) is 27.3. The minimum Gasteiger partial charge on any atom is -0.488 e. The molecule has 39 heavy (non-hydrogen) atoms. The van der Waals surface area contributed by atoms with E-state index in [4.69, 9.17) is 9.47 Å². The summed E-state index contributed by atoms with van der Waals surface area (Å²) in [6, 6.07) is 18.3. The van der Waals surface area contributed by atoms with E-state index < -0.39 is 11.4 Å². The van der Waals surface area contributed by atoms with Gasteiger partial charge in [0, 0.05) is 11.8 Å². The van der Waals surface area contributed by atoms with Gasteiger partial charge in [0.1, 0.15) is 5.75 Å². The molecule has 2 heterocycles. The number of amides is 1. The summed E-state index contributed by atoms with van der Waals surface area (Å²) in [5, 5.41) is 12.1. The molecule has 4 rings (SSSR count). The van der Waals surface area contributed by atoms with Gasteiger partial charge in [-0.05, 0) is 62.6 Å². The van der Waals surface area contributed by atoms with Crippen LogP contribution in [-0.4, -0.2) is 38.5 Å². The van der Waals surface area contributed by atoms with E-state index in [1.54, 1.807) is 44.4 Å².